The summed E-state index contributed by atoms with van der Waals surface area (Å²) in [6.07, 6.45) is 9.34. The van der Waals surface area contributed by atoms with E-state index in [1.54, 1.807) is 0 Å². The lowest BCUT2D eigenvalue weighted by molar-refractivity contribution is 0.427. The minimum atomic E-state index is 0.872. The van der Waals surface area contributed by atoms with Crippen molar-refractivity contribution >= 4 is 0 Å². The molecule has 0 heteroatoms. The molecule has 15 heavy (non-hydrogen) atoms. The van der Waals surface area contributed by atoms with Crippen molar-refractivity contribution in [3.05, 3.63) is 12.2 Å². The minimum absolute atomic E-state index is 0.872. The molecular formula is C15H30. The van der Waals surface area contributed by atoms with Crippen LogP contribution in [0.5, 0.6) is 0 Å². The average molecular weight is 210 g/mol. The van der Waals surface area contributed by atoms with Gasteiger partial charge in [0.25, 0.3) is 0 Å². The first kappa shape index (κ1) is 14.7. The van der Waals surface area contributed by atoms with Crippen LogP contribution in [0.1, 0.15) is 72.6 Å². The second kappa shape index (κ2) is 9.00. The maximum absolute atomic E-state index is 4.06. The Morgan fingerprint density at radius 2 is 1.60 bits per heavy atom. The number of hydrogen-bond acceptors (Lipinski definition) is 0. The van der Waals surface area contributed by atoms with E-state index in [-0.39, 0.29) is 0 Å². The van der Waals surface area contributed by atoms with Gasteiger partial charge in [-0.05, 0) is 31.1 Å². The molecule has 0 nitrogen and oxygen atoms in total. The number of rotatable bonds is 9. The topological polar surface area (TPSA) is 0 Å². The Labute approximate surface area is 97.2 Å². The lowest BCUT2D eigenvalue weighted by Crippen LogP contribution is -1.97. The lowest BCUT2D eigenvalue weighted by Gasteiger charge is -2.12. The molecule has 0 aromatic rings. The van der Waals surface area contributed by atoms with Gasteiger partial charge in [0.2, 0.25) is 0 Å². The monoisotopic (exact) mass is 210 g/mol. The molecule has 0 saturated heterocycles. The zero-order valence-corrected chi connectivity index (χ0v) is 11.3. The van der Waals surface area contributed by atoms with Crippen LogP contribution in [-0.4, -0.2) is 0 Å². The summed E-state index contributed by atoms with van der Waals surface area (Å²) in [5.41, 5.74) is 1.42. The first-order chi connectivity index (χ1) is 7.06. The summed E-state index contributed by atoms with van der Waals surface area (Å²) >= 11 is 0. The zero-order chi connectivity index (χ0) is 11.7. The summed E-state index contributed by atoms with van der Waals surface area (Å²) in [4.78, 5) is 0. The highest BCUT2D eigenvalue weighted by Crippen LogP contribution is 2.19. The van der Waals surface area contributed by atoms with Gasteiger partial charge in [-0.15, -0.1) is 0 Å². The Balaban J connectivity index is 3.33. The van der Waals surface area contributed by atoms with E-state index >= 15 is 0 Å². The largest absolute Gasteiger partial charge is 0.0999 e. The van der Waals surface area contributed by atoms with Crippen LogP contribution >= 0.6 is 0 Å². The van der Waals surface area contributed by atoms with Crippen molar-refractivity contribution in [2.75, 3.05) is 0 Å². The van der Waals surface area contributed by atoms with Gasteiger partial charge in [0.05, 0.1) is 0 Å². The van der Waals surface area contributed by atoms with Crippen LogP contribution in [0.3, 0.4) is 0 Å². The van der Waals surface area contributed by atoms with Gasteiger partial charge in [0.1, 0.15) is 0 Å². The van der Waals surface area contributed by atoms with Crippen LogP contribution in [0.25, 0.3) is 0 Å². The quantitative estimate of drug-likeness (QED) is 0.435. The van der Waals surface area contributed by atoms with E-state index in [1.165, 1.54) is 44.1 Å². The van der Waals surface area contributed by atoms with E-state index in [2.05, 4.69) is 34.3 Å². The van der Waals surface area contributed by atoms with Crippen LogP contribution in [0.2, 0.25) is 0 Å². The van der Waals surface area contributed by atoms with Gasteiger partial charge in [0.15, 0.2) is 0 Å². The summed E-state index contributed by atoms with van der Waals surface area (Å²) < 4.78 is 0. The summed E-state index contributed by atoms with van der Waals surface area (Å²) in [7, 11) is 0. The molecule has 1 unspecified atom stereocenters. The van der Waals surface area contributed by atoms with Crippen molar-refractivity contribution in [3.8, 4) is 0 Å². The van der Waals surface area contributed by atoms with Gasteiger partial charge >= 0.3 is 0 Å². The normalized spacial score (nSPS) is 13.1. The zero-order valence-electron chi connectivity index (χ0n) is 11.3. The summed E-state index contributed by atoms with van der Waals surface area (Å²) in [5, 5.41) is 0. The molecule has 0 amide bonds. The Bertz CT molecular complexity index is 155. The molecule has 0 heterocycles. The van der Waals surface area contributed by atoms with Crippen molar-refractivity contribution in [2.45, 2.75) is 72.6 Å². The molecule has 0 aliphatic heterocycles. The van der Waals surface area contributed by atoms with E-state index in [0.717, 1.165) is 18.3 Å². The van der Waals surface area contributed by atoms with E-state index < -0.39 is 0 Å². The fraction of sp³-hybridized carbons (Fsp3) is 0.867. The predicted molar refractivity (Wildman–Crippen MR) is 71.1 cm³/mol. The molecule has 0 aliphatic rings. The minimum Gasteiger partial charge on any atom is -0.0999 e. The van der Waals surface area contributed by atoms with Crippen LogP contribution in [0.4, 0.5) is 0 Å². The first-order valence-electron chi connectivity index (χ1n) is 6.72. The summed E-state index contributed by atoms with van der Waals surface area (Å²) in [6.45, 7) is 13.3. The Hall–Kier alpha value is -0.260. The number of allylic oxidation sites excluding steroid dienone is 1. The van der Waals surface area contributed by atoms with Crippen molar-refractivity contribution in [2.24, 2.45) is 11.8 Å². The van der Waals surface area contributed by atoms with E-state index in [0.29, 0.717) is 0 Å². The molecule has 0 radical (unpaired) electrons. The van der Waals surface area contributed by atoms with Gasteiger partial charge in [-0.3, -0.25) is 0 Å². The van der Waals surface area contributed by atoms with Crippen molar-refractivity contribution in [3.63, 3.8) is 0 Å². The van der Waals surface area contributed by atoms with E-state index in [4.69, 9.17) is 0 Å². The third-order valence-corrected chi connectivity index (χ3v) is 3.21. The van der Waals surface area contributed by atoms with Gasteiger partial charge < -0.3 is 0 Å². The standard InChI is InChI=1S/C15H30/c1-6-14(4)10-8-12-15(5)11-7-9-13(2)3/h13,15H,4,6-12H2,1-3,5H3. The van der Waals surface area contributed by atoms with E-state index in [1.807, 2.05) is 0 Å². The highest BCUT2D eigenvalue weighted by atomic mass is 14.1. The summed E-state index contributed by atoms with van der Waals surface area (Å²) in [5.74, 6) is 1.78. The summed E-state index contributed by atoms with van der Waals surface area (Å²) in [6, 6.07) is 0. The Morgan fingerprint density at radius 1 is 1.00 bits per heavy atom. The smallest absolute Gasteiger partial charge is 0.0323 e. The van der Waals surface area contributed by atoms with Crippen molar-refractivity contribution in [1.82, 2.24) is 0 Å². The SMILES string of the molecule is C=C(CC)CCCC(C)CCCC(C)C. The van der Waals surface area contributed by atoms with Crippen LogP contribution in [-0.2, 0) is 0 Å². The van der Waals surface area contributed by atoms with Crippen LogP contribution in [0, 0.1) is 11.8 Å². The maximum atomic E-state index is 4.06. The predicted octanol–water partition coefficient (Wildman–Crippen LogP) is 5.59. The van der Waals surface area contributed by atoms with Crippen molar-refractivity contribution < 1.29 is 0 Å². The molecule has 90 valence electrons. The van der Waals surface area contributed by atoms with Crippen molar-refractivity contribution in [1.29, 1.82) is 0 Å². The van der Waals surface area contributed by atoms with Gasteiger partial charge in [-0.1, -0.05) is 65.5 Å². The fourth-order valence-corrected chi connectivity index (χ4v) is 1.90. The third-order valence-electron chi connectivity index (χ3n) is 3.21. The molecule has 0 rings (SSSR count). The molecule has 0 aliphatic carbocycles. The van der Waals surface area contributed by atoms with Gasteiger partial charge in [-0.2, -0.15) is 0 Å². The molecule has 0 fully saturated rings. The van der Waals surface area contributed by atoms with Gasteiger partial charge in [-0.25, -0.2) is 0 Å². The molecule has 0 spiro atoms. The van der Waals surface area contributed by atoms with E-state index in [9.17, 15) is 0 Å². The van der Waals surface area contributed by atoms with Gasteiger partial charge in [0, 0.05) is 0 Å². The highest BCUT2D eigenvalue weighted by molar-refractivity contribution is 4.91. The van der Waals surface area contributed by atoms with Crippen LogP contribution in [0.15, 0.2) is 12.2 Å². The molecule has 0 N–H and O–H groups in total. The second-order valence-electron chi connectivity index (χ2n) is 5.43. The molecule has 0 aromatic carbocycles. The Kier molecular flexibility index (Phi) is 8.85. The third kappa shape index (κ3) is 10.0. The lowest BCUT2D eigenvalue weighted by atomic mass is 9.94. The second-order valence-corrected chi connectivity index (χ2v) is 5.43. The molecule has 0 saturated carbocycles. The number of hydrogen-bond donors (Lipinski definition) is 0. The molecule has 0 bridgehead atoms. The van der Waals surface area contributed by atoms with Crippen LogP contribution < -0.4 is 0 Å². The molecule has 1 atom stereocenters. The fourth-order valence-electron chi connectivity index (χ4n) is 1.90. The molecular weight excluding hydrogens is 180 g/mol. The maximum Gasteiger partial charge on any atom is -0.0323 e. The Morgan fingerprint density at radius 3 is 2.13 bits per heavy atom. The highest BCUT2D eigenvalue weighted by Gasteiger charge is 2.03. The average Bonchev–Trinajstić information content (AvgIpc) is 2.17. The molecule has 0 aromatic heterocycles. The first-order valence-corrected chi connectivity index (χ1v) is 6.72.